The lowest BCUT2D eigenvalue weighted by molar-refractivity contribution is -0.353. The van der Waals surface area contributed by atoms with Gasteiger partial charge in [0.15, 0.2) is 0 Å². The molecule has 0 radical (unpaired) electrons. The Kier molecular flexibility index (Phi) is 11.1. The normalized spacial score (nSPS) is 23.9. The van der Waals surface area contributed by atoms with Crippen LogP contribution in [0.5, 0.6) is 0 Å². The van der Waals surface area contributed by atoms with Gasteiger partial charge in [0.2, 0.25) is 14.1 Å². The third-order valence-corrected chi connectivity index (χ3v) is 22.1. The molecule has 0 unspecified atom stereocenters. The van der Waals surface area contributed by atoms with Gasteiger partial charge in [0.05, 0.1) is 18.8 Å². The van der Waals surface area contributed by atoms with E-state index in [4.69, 9.17) is 18.3 Å². The second-order valence-corrected chi connectivity index (χ2v) is 25.3. The smallest absolute Gasteiger partial charge is 0.261 e. The lowest BCUT2D eigenvalue weighted by atomic mass is 9.84. The van der Waals surface area contributed by atoms with Gasteiger partial charge in [0, 0.05) is 18.6 Å². The van der Waals surface area contributed by atoms with Gasteiger partial charge < -0.3 is 23.4 Å². The minimum Gasteiger partial charge on any atom is -0.410 e. The molecule has 1 spiro atoms. The minimum atomic E-state index is -2.71. The van der Waals surface area contributed by atoms with Crippen LogP contribution in [0.4, 0.5) is 0 Å². The highest BCUT2D eigenvalue weighted by atomic mass is 28.4. The molecule has 3 aromatic rings. The van der Waals surface area contributed by atoms with Crippen molar-refractivity contribution in [3.8, 4) is 0 Å². The third-order valence-electron chi connectivity index (χ3n) is 10.9. The van der Waals surface area contributed by atoms with E-state index in [1.165, 1.54) is 15.9 Å². The van der Waals surface area contributed by atoms with Gasteiger partial charge in [-0.15, -0.1) is 0 Å². The second-order valence-electron chi connectivity index (χ2n) is 15.6. The summed E-state index contributed by atoms with van der Waals surface area (Å²) in [7, 11) is -5.04. The van der Waals surface area contributed by atoms with Gasteiger partial charge in [0.25, 0.3) is 8.32 Å². The molecule has 0 saturated carbocycles. The van der Waals surface area contributed by atoms with E-state index in [0.29, 0.717) is 42.7 Å². The fraction of sp³-hybridized carbons (Fsp3) is 0.550. The average molecular weight is 675 g/mol. The molecule has 2 aliphatic heterocycles. The van der Waals surface area contributed by atoms with Crippen molar-refractivity contribution in [1.29, 1.82) is 0 Å². The van der Waals surface area contributed by atoms with E-state index in [2.05, 4.69) is 141 Å². The maximum absolute atomic E-state index is 12.3. The van der Waals surface area contributed by atoms with Gasteiger partial charge >= 0.3 is 0 Å². The van der Waals surface area contributed by atoms with E-state index in [1.807, 2.05) is 6.07 Å². The molecular weight excluding hydrogens is 617 g/mol. The summed E-state index contributed by atoms with van der Waals surface area (Å²) in [5, 5.41) is 14.7. The van der Waals surface area contributed by atoms with E-state index < -0.39 is 34.6 Å². The van der Waals surface area contributed by atoms with Gasteiger partial charge in [-0.3, -0.25) is 0 Å². The van der Waals surface area contributed by atoms with Crippen LogP contribution in [0.15, 0.2) is 84.9 Å². The van der Waals surface area contributed by atoms with Crippen LogP contribution in [0.3, 0.4) is 0 Å². The molecule has 2 aliphatic rings. The molecule has 0 amide bonds. The zero-order chi connectivity index (χ0) is 34.0. The summed E-state index contributed by atoms with van der Waals surface area (Å²) in [6.07, 6.45) is 0.492. The second kappa shape index (κ2) is 14.4. The number of aliphatic hydroxyl groups excluding tert-OH is 1. The van der Waals surface area contributed by atoms with Crippen LogP contribution in [0.1, 0.15) is 86.3 Å². The number of benzene rings is 3. The average Bonchev–Trinajstić information content (AvgIpc) is 3.04. The first-order valence-corrected chi connectivity index (χ1v) is 21.9. The monoisotopic (exact) mass is 674 g/mol. The third kappa shape index (κ3) is 6.62. The molecule has 1 N–H and O–H groups in total. The van der Waals surface area contributed by atoms with E-state index in [-0.39, 0.29) is 11.1 Å². The topological polar surface area (TPSA) is 57.2 Å². The Hall–Kier alpha value is -2.11. The fourth-order valence-electron chi connectivity index (χ4n) is 8.87. The molecule has 5 nitrogen and oxygen atoms in total. The Bertz CT molecular complexity index is 1380. The number of ether oxygens (including phenoxy) is 2. The van der Waals surface area contributed by atoms with E-state index in [0.717, 1.165) is 12.0 Å². The quantitative estimate of drug-likeness (QED) is 0.209. The van der Waals surface area contributed by atoms with Gasteiger partial charge in [0.1, 0.15) is 6.10 Å². The summed E-state index contributed by atoms with van der Waals surface area (Å²) in [5.41, 5.74) is 3.27. The zero-order valence-corrected chi connectivity index (χ0v) is 32.2. The Morgan fingerprint density at radius 1 is 0.809 bits per heavy atom. The Labute approximate surface area is 286 Å². The first kappa shape index (κ1) is 36.2. The predicted molar refractivity (Wildman–Crippen MR) is 197 cm³/mol. The Morgan fingerprint density at radius 2 is 1.34 bits per heavy atom. The van der Waals surface area contributed by atoms with Crippen molar-refractivity contribution in [2.75, 3.05) is 13.2 Å². The molecule has 4 atom stereocenters. The highest BCUT2D eigenvalue weighted by molar-refractivity contribution is 6.99. The summed E-state index contributed by atoms with van der Waals surface area (Å²) < 4.78 is 28.3. The van der Waals surface area contributed by atoms with Crippen LogP contribution in [-0.2, 0) is 30.5 Å². The molecule has 256 valence electrons. The predicted octanol–water partition coefficient (Wildman–Crippen LogP) is 8.09. The molecular formula is C40H58O5Si2. The van der Waals surface area contributed by atoms with Crippen molar-refractivity contribution in [1.82, 2.24) is 0 Å². The first-order chi connectivity index (χ1) is 22.3. The van der Waals surface area contributed by atoms with E-state index in [1.54, 1.807) is 0 Å². The van der Waals surface area contributed by atoms with E-state index in [9.17, 15) is 5.11 Å². The number of hydrogen-bond donors (Lipinski definition) is 1. The van der Waals surface area contributed by atoms with Crippen molar-refractivity contribution in [2.45, 2.75) is 127 Å². The molecule has 7 heteroatoms. The maximum atomic E-state index is 12.3. The first-order valence-electron chi connectivity index (χ1n) is 17.8. The lowest BCUT2D eigenvalue weighted by Gasteiger charge is -2.53. The van der Waals surface area contributed by atoms with Gasteiger partial charge in [-0.1, -0.05) is 147 Å². The molecule has 0 aromatic heterocycles. The molecule has 1 fully saturated rings. The van der Waals surface area contributed by atoms with Crippen LogP contribution in [0.2, 0.25) is 21.7 Å². The van der Waals surface area contributed by atoms with Gasteiger partial charge in [-0.05, 0) is 50.4 Å². The summed E-state index contributed by atoms with van der Waals surface area (Å²) in [6.45, 7) is 21.8. The number of hydrogen-bond acceptors (Lipinski definition) is 5. The Morgan fingerprint density at radius 3 is 1.87 bits per heavy atom. The maximum Gasteiger partial charge on any atom is 0.261 e. The standard InChI is InChI=1S/C40H58O5Si2/c1-29(2)46(30(3)4,31(5)6)45-37-28-33(44-40(38(37)41)36-23-17-16-18-32(36)24-26-42-40)25-27-43-47(39(7,8)9,34-19-12-10-13-20-34)35-21-14-11-15-22-35/h10-23,29-31,33,37-38,41H,24-28H2,1-9H3/t33-,37-,38+,40-/m1/s1. The van der Waals surface area contributed by atoms with Crippen LogP contribution in [-0.4, -0.2) is 53.3 Å². The molecule has 0 aliphatic carbocycles. The van der Waals surface area contributed by atoms with Crippen LogP contribution in [0.25, 0.3) is 0 Å². The molecule has 2 heterocycles. The number of rotatable bonds is 11. The number of aliphatic hydroxyl groups is 1. The minimum absolute atomic E-state index is 0.116. The van der Waals surface area contributed by atoms with Gasteiger partial charge in [-0.2, -0.15) is 0 Å². The van der Waals surface area contributed by atoms with Gasteiger partial charge in [-0.25, -0.2) is 0 Å². The highest BCUT2D eigenvalue weighted by Gasteiger charge is 2.58. The van der Waals surface area contributed by atoms with Crippen molar-refractivity contribution >= 4 is 27.0 Å². The highest BCUT2D eigenvalue weighted by Crippen LogP contribution is 2.49. The molecule has 47 heavy (non-hydrogen) atoms. The summed E-state index contributed by atoms with van der Waals surface area (Å²) >= 11 is 0. The van der Waals surface area contributed by atoms with Crippen LogP contribution < -0.4 is 10.4 Å². The van der Waals surface area contributed by atoms with Crippen LogP contribution in [0, 0.1) is 0 Å². The fourth-order valence-corrected chi connectivity index (χ4v) is 19.0. The van der Waals surface area contributed by atoms with Crippen molar-refractivity contribution in [2.24, 2.45) is 0 Å². The zero-order valence-electron chi connectivity index (χ0n) is 30.2. The summed E-state index contributed by atoms with van der Waals surface area (Å²) in [6, 6.07) is 29.9. The van der Waals surface area contributed by atoms with E-state index >= 15 is 0 Å². The molecule has 0 bridgehead atoms. The molecule has 3 aromatic carbocycles. The van der Waals surface area contributed by atoms with Crippen LogP contribution >= 0.6 is 0 Å². The largest absolute Gasteiger partial charge is 0.410 e. The SMILES string of the molecule is CC(C)[Si](O[C@@H]1C[C@@H](CCO[Si](c2ccccc2)(c2ccccc2)C(C)(C)C)O[C@@]2(OCCc3ccccc32)[C@H]1O)(C(C)C)C(C)C. The molecule has 5 rings (SSSR count). The van der Waals surface area contributed by atoms with Crippen molar-refractivity contribution in [3.05, 3.63) is 96.1 Å². The van der Waals surface area contributed by atoms with Crippen molar-refractivity contribution < 1.29 is 23.4 Å². The molecule has 1 saturated heterocycles. The Balaban J connectivity index is 1.51. The lowest BCUT2D eigenvalue weighted by Crippen LogP contribution is -2.67. The summed E-state index contributed by atoms with van der Waals surface area (Å²) in [4.78, 5) is 0. The van der Waals surface area contributed by atoms with Crippen molar-refractivity contribution in [3.63, 3.8) is 0 Å². The summed E-state index contributed by atoms with van der Waals surface area (Å²) in [5.74, 6) is -1.27. The number of fused-ring (bicyclic) bond motifs is 2.